The smallest absolute Gasteiger partial charge is 0.211 e. The van der Waals surface area contributed by atoms with Crippen LogP contribution >= 0.6 is 70.6 Å². The van der Waals surface area contributed by atoms with Gasteiger partial charge >= 0.3 is 0 Å². The highest BCUT2D eigenvalue weighted by molar-refractivity contribution is 8.27. The van der Waals surface area contributed by atoms with E-state index in [-0.39, 0.29) is 10.2 Å². The van der Waals surface area contributed by atoms with Crippen LogP contribution in [0.25, 0.3) is 0 Å². The van der Waals surface area contributed by atoms with Gasteiger partial charge in [0.05, 0.1) is 9.16 Å². The quantitative estimate of drug-likeness (QED) is 0.577. The molecule has 0 N–H and O–H groups in total. The summed E-state index contributed by atoms with van der Waals surface area (Å²) in [6.07, 6.45) is 2.79. The Balaban J connectivity index is 1.68. The van der Waals surface area contributed by atoms with E-state index in [0.29, 0.717) is 19.7 Å². The molecule has 0 saturated carbocycles. The first-order chi connectivity index (χ1) is 10.6. The van der Waals surface area contributed by atoms with Crippen LogP contribution in [0.15, 0.2) is 25.3 Å². The highest BCUT2D eigenvalue weighted by Crippen LogP contribution is 2.52. The summed E-state index contributed by atoms with van der Waals surface area (Å²) >= 11 is 10.8. The molecule has 0 spiro atoms. The van der Waals surface area contributed by atoms with E-state index >= 15 is 0 Å². The lowest BCUT2D eigenvalue weighted by atomic mass is 10.5. The normalized spacial score (nSPS) is 31.1. The molecule has 8 heteroatoms. The van der Waals surface area contributed by atoms with Gasteiger partial charge in [-0.3, -0.25) is 9.59 Å². The molecule has 2 rings (SSSR count). The van der Waals surface area contributed by atoms with Crippen LogP contribution < -0.4 is 0 Å². The van der Waals surface area contributed by atoms with Gasteiger partial charge in [-0.1, -0.05) is 36.7 Å². The van der Waals surface area contributed by atoms with E-state index in [2.05, 4.69) is 13.2 Å². The summed E-state index contributed by atoms with van der Waals surface area (Å²) in [5, 5.41) is 1.26. The molecule has 0 radical (unpaired) electrons. The Kier molecular flexibility index (Phi) is 8.78. The summed E-state index contributed by atoms with van der Waals surface area (Å²) in [5.41, 5.74) is 0. The van der Waals surface area contributed by atoms with Crippen LogP contribution in [0.1, 0.15) is 0 Å². The summed E-state index contributed by atoms with van der Waals surface area (Å²) in [6, 6.07) is 0. The van der Waals surface area contributed by atoms with Crippen molar-refractivity contribution < 1.29 is 9.59 Å². The summed E-state index contributed by atoms with van der Waals surface area (Å²) < 4.78 is 1.20. The zero-order valence-corrected chi connectivity index (χ0v) is 16.9. The largest absolute Gasteiger partial charge is 0.282 e. The molecule has 122 valence electrons. The van der Waals surface area contributed by atoms with Gasteiger partial charge in [0.1, 0.15) is 0 Å². The topological polar surface area (TPSA) is 34.1 Å². The Morgan fingerprint density at radius 1 is 0.909 bits per heavy atom. The van der Waals surface area contributed by atoms with Gasteiger partial charge in [-0.25, -0.2) is 0 Å². The molecule has 2 nitrogen and oxygen atoms in total. The van der Waals surface area contributed by atoms with Crippen LogP contribution in [0.3, 0.4) is 0 Å². The Hall–Kier alpha value is 0.920. The Morgan fingerprint density at radius 2 is 1.32 bits per heavy atom. The molecule has 4 atom stereocenters. The predicted molar refractivity (Wildman–Crippen MR) is 111 cm³/mol. The summed E-state index contributed by atoms with van der Waals surface area (Å²) in [4.78, 5) is 22.6. The van der Waals surface area contributed by atoms with Gasteiger partial charge in [0.25, 0.3) is 0 Å². The second-order valence-corrected chi connectivity index (χ2v) is 12.5. The third kappa shape index (κ3) is 6.09. The zero-order chi connectivity index (χ0) is 15.9. The molecule has 0 aromatic heterocycles. The van der Waals surface area contributed by atoms with Gasteiger partial charge in [0.15, 0.2) is 0 Å². The van der Waals surface area contributed by atoms with Crippen LogP contribution in [-0.4, -0.2) is 52.9 Å². The molecule has 0 aliphatic carbocycles. The van der Waals surface area contributed by atoms with Crippen LogP contribution in [0, 0.1) is 0 Å². The molecular formula is C14H18O2S6. The van der Waals surface area contributed by atoms with Crippen molar-refractivity contribution in [3.8, 4) is 0 Å². The van der Waals surface area contributed by atoms with E-state index in [1.54, 1.807) is 0 Å². The lowest BCUT2D eigenvalue weighted by Crippen LogP contribution is -2.11. The fourth-order valence-corrected chi connectivity index (χ4v) is 11.6. The third-order valence-electron chi connectivity index (χ3n) is 2.92. The third-order valence-corrected chi connectivity index (χ3v) is 12.9. The zero-order valence-electron chi connectivity index (χ0n) is 12.0. The Labute approximate surface area is 157 Å². The van der Waals surface area contributed by atoms with Crippen molar-refractivity contribution in [1.29, 1.82) is 0 Å². The average molecular weight is 411 g/mol. The van der Waals surface area contributed by atoms with Crippen LogP contribution in [0.4, 0.5) is 0 Å². The first-order valence-electron chi connectivity index (χ1n) is 6.75. The standard InChI is InChI=1S/C14H18O2S6/c1-3-11(15)17-5-9-7-19-13(21-9)14-20-8-10(22-14)6-18-12(16)4-2/h3-4,9-10,13-14H,1-2,5-8H2. The number of hydrogen-bond acceptors (Lipinski definition) is 8. The minimum Gasteiger partial charge on any atom is -0.282 e. The van der Waals surface area contributed by atoms with Crippen LogP contribution in [0.2, 0.25) is 0 Å². The average Bonchev–Trinajstić information content (AvgIpc) is 3.18. The molecule has 0 bridgehead atoms. The highest BCUT2D eigenvalue weighted by Gasteiger charge is 2.38. The number of hydrogen-bond donors (Lipinski definition) is 0. The second-order valence-electron chi connectivity index (χ2n) is 4.59. The molecular weight excluding hydrogens is 393 g/mol. The first-order valence-corrected chi connectivity index (χ1v) is 12.7. The molecule has 0 aromatic rings. The minimum absolute atomic E-state index is 0.0719. The van der Waals surface area contributed by atoms with Gasteiger partial charge in [-0.05, 0) is 12.2 Å². The number of carbonyl (C=O) groups excluding carboxylic acids is 2. The fourth-order valence-electron chi connectivity index (χ4n) is 1.87. The lowest BCUT2D eigenvalue weighted by molar-refractivity contribution is -0.107. The fraction of sp³-hybridized carbons (Fsp3) is 0.571. The van der Waals surface area contributed by atoms with Crippen molar-refractivity contribution in [3.05, 3.63) is 25.3 Å². The number of carbonyl (C=O) groups is 2. The number of thioether (sulfide) groups is 6. The molecule has 0 amide bonds. The molecule has 4 unspecified atom stereocenters. The van der Waals surface area contributed by atoms with Crippen molar-refractivity contribution >= 4 is 80.8 Å². The maximum absolute atomic E-state index is 11.3. The second kappa shape index (κ2) is 10.0. The Morgan fingerprint density at radius 3 is 1.68 bits per heavy atom. The van der Waals surface area contributed by atoms with Crippen molar-refractivity contribution in [3.63, 3.8) is 0 Å². The van der Waals surface area contributed by atoms with E-state index in [1.165, 1.54) is 35.7 Å². The maximum Gasteiger partial charge on any atom is 0.211 e. The van der Waals surface area contributed by atoms with E-state index < -0.39 is 0 Å². The van der Waals surface area contributed by atoms with Crippen LogP contribution in [0.5, 0.6) is 0 Å². The van der Waals surface area contributed by atoms with E-state index in [4.69, 9.17) is 0 Å². The molecule has 2 heterocycles. The maximum atomic E-state index is 11.3. The molecule has 0 aromatic carbocycles. The summed E-state index contributed by atoms with van der Waals surface area (Å²) in [6.45, 7) is 7.01. The molecule has 2 aliphatic rings. The van der Waals surface area contributed by atoms with Gasteiger partial charge in [-0.15, -0.1) is 47.0 Å². The van der Waals surface area contributed by atoms with Crippen molar-refractivity contribution in [1.82, 2.24) is 0 Å². The molecule has 2 saturated heterocycles. The molecule has 2 aliphatic heterocycles. The summed E-state index contributed by atoms with van der Waals surface area (Å²) in [5.74, 6) is 4.01. The van der Waals surface area contributed by atoms with E-state index in [0.717, 1.165) is 23.0 Å². The van der Waals surface area contributed by atoms with Gasteiger partial charge in [-0.2, -0.15) is 0 Å². The van der Waals surface area contributed by atoms with Crippen molar-refractivity contribution in [2.24, 2.45) is 0 Å². The van der Waals surface area contributed by atoms with Crippen LogP contribution in [-0.2, 0) is 9.59 Å². The monoisotopic (exact) mass is 410 g/mol. The Bertz CT molecular complexity index is 401. The molecule has 2 fully saturated rings. The highest BCUT2D eigenvalue weighted by atomic mass is 32.2. The summed E-state index contributed by atoms with van der Waals surface area (Å²) in [7, 11) is 0. The SMILES string of the molecule is C=CC(=O)SCC1CSC(C2SCC(CSC(=O)C=C)S2)S1. The number of rotatable bonds is 7. The first kappa shape index (κ1) is 19.2. The van der Waals surface area contributed by atoms with Crippen molar-refractivity contribution in [2.45, 2.75) is 19.7 Å². The van der Waals surface area contributed by atoms with Gasteiger partial charge in [0, 0.05) is 33.5 Å². The van der Waals surface area contributed by atoms with Gasteiger partial charge < -0.3 is 0 Å². The lowest BCUT2D eigenvalue weighted by Gasteiger charge is -2.16. The predicted octanol–water partition coefficient (Wildman–Crippen LogP) is 4.23. The molecule has 22 heavy (non-hydrogen) atoms. The minimum atomic E-state index is 0.0719. The van der Waals surface area contributed by atoms with Crippen molar-refractivity contribution in [2.75, 3.05) is 23.0 Å². The van der Waals surface area contributed by atoms with Gasteiger partial charge in [0.2, 0.25) is 10.2 Å². The van der Waals surface area contributed by atoms with E-state index in [1.807, 2.05) is 47.0 Å². The van der Waals surface area contributed by atoms with E-state index in [9.17, 15) is 9.59 Å².